The molecule has 6 heteroatoms. The molecule has 0 aliphatic heterocycles. The van der Waals surface area contributed by atoms with Crippen molar-refractivity contribution in [2.24, 2.45) is 0 Å². The first-order chi connectivity index (χ1) is 9.96. The van der Waals surface area contributed by atoms with E-state index in [0.29, 0.717) is 27.9 Å². The Labute approximate surface area is 124 Å². The van der Waals surface area contributed by atoms with Gasteiger partial charge in [0.1, 0.15) is 5.82 Å². The number of benzene rings is 2. The Morgan fingerprint density at radius 2 is 1.62 bits per heavy atom. The van der Waals surface area contributed by atoms with Gasteiger partial charge >= 0.3 is 6.18 Å². The van der Waals surface area contributed by atoms with E-state index in [1.54, 1.807) is 42.5 Å². The molecule has 0 saturated carbocycles. The van der Waals surface area contributed by atoms with Gasteiger partial charge in [-0.25, -0.2) is 4.39 Å². The van der Waals surface area contributed by atoms with E-state index < -0.39 is 11.9 Å². The number of nitrogens with one attached hydrogen (secondary N) is 1. The van der Waals surface area contributed by atoms with Crippen LogP contribution in [0.4, 0.5) is 23.2 Å². The first-order valence-electron chi connectivity index (χ1n) is 6.21. The van der Waals surface area contributed by atoms with Crippen molar-refractivity contribution in [1.82, 2.24) is 0 Å². The Hall–Kier alpha value is -1.69. The molecule has 2 aromatic carbocycles. The largest absolute Gasteiger partial charge is 0.398 e. The lowest BCUT2D eigenvalue weighted by molar-refractivity contribution is -0.105. The van der Waals surface area contributed by atoms with E-state index >= 15 is 0 Å². The van der Waals surface area contributed by atoms with Crippen molar-refractivity contribution >= 4 is 17.4 Å². The minimum atomic E-state index is -4.22. The van der Waals surface area contributed by atoms with Gasteiger partial charge in [-0.3, -0.25) is 0 Å². The van der Waals surface area contributed by atoms with Crippen molar-refractivity contribution in [3.8, 4) is 0 Å². The Morgan fingerprint density at radius 1 is 0.952 bits per heavy atom. The van der Waals surface area contributed by atoms with Gasteiger partial charge in [-0.15, -0.1) is 11.8 Å². The van der Waals surface area contributed by atoms with Crippen LogP contribution in [-0.2, 0) is 6.54 Å². The Kier molecular flexibility index (Phi) is 5.12. The normalized spacial score (nSPS) is 11.4. The maximum atomic E-state index is 13.5. The van der Waals surface area contributed by atoms with Crippen molar-refractivity contribution in [1.29, 1.82) is 0 Å². The number of alkyl halides is 3. The fourth-order valence-electron chi connectivity index (χ4n) is 1.73. The predicted octanol–water partition coefficient (Wildman–Crippen LogP) is 5.09. The second-order valence-corrected chi connectivity index (χ2v) is 5.36. The molecule has 1 N–H and O–H groups in total. The van der Waals surface area contributed by atoms with Gasteiger partial charge in [-0.1, -0.05) is 30.3 Å². The molecular weight excluding hydrogens is 302 g/mol. The first-order valence-corrected chi connectivity index (χ1v) is 7.20. The number of thioether (sulfide) groups is 1. The van der Waals surface area contributed by atoms with Crippen molar-refractivity contribution in [3.05, 3.63) is 59.9 Å². The van der Waals surface area contributed by atoms with Gasteiger partial charge in [0.2, 0.25) is 0 Å². The lowest BCUT2D eigenvalue weighted by atomic mass is 10.2. The zero-order valence-corrected chi connectivity index (χ0v) is 11.8. The summed E-state index contributed by atoms with van der Waals surface area (Å²) in [5.74, 6) is -1.30. The summed E-state index contributed by atoms with van der Waals surface area (Å²) in [7, 11) is 0. The SMILES string of the molecule is Fc1ccccc1CNc1ccccc1SCC(F)(F)F. The van der Waals surface area contributed by atoms with Gasteiger partial charge in [0, 0.05) is 22.7 Å². The molecule has 0 atom stereocenters. The molecule has 0 aliphatic rings. The molecule has 112 valence electrons. The summed E-state index contributed by atoms with van der Waals surface area (Å²) in [6, 6.07) is 13.0. The summed E-state index contributed by atoms with van der Waals surface area (Å²) in [4.78, 5) is 0.492. The molecular formula is C15H13F4NS. The summed E-state index contributed by atoms with van der Waals surface area (Å²) in [5, 5.41) is 2.98. The molecule has 0 fully saturated rings. The van der Waals surface area contributed by atoms with E-state index in [1.165, 1.54) is 6.07 Å². The number of anilines is 1. The Morgan fingerprint density at radius 3 is 2.33 bits per heavy atom. The molecule has 0 heterocycles. The summed E-state index contributed by atoms with van der Waals surface area (Å²) < 4.78 is 50.4. The van der Waals surface area contributed by atoms with E-state index in [2.05, 4.69) is 5.32 Å². The molecule has 1 nitrogen and oxygen atoms in total. The molecule has 0 bridgehead atoms. The van der Waals surface area contributed by atoms with Crippen molar-refractivity contribution in [2.75, 3.05) is 11.1 Å². The maximum Gasteiger partial charge on any atom is 0.398 e. The van der Waals surface area contributed by atoms with E-state index in [0.717, 1.165) is 0 Å². The van der Waals surface area contributed by atoms with Crippen LogP contribution in [0.15, 0.2) is 53.4 Å². The highest BCUT2D eigenvalue weighted by molar-refractivity contribution is 7.99. The summed E-state index contributed by atoms with van der Waals surface area (Å²) in [5.41, 5.74) is 1.03. The molecule has 0 amide bonds. The molecule has 21 heavy (non-hydrogen) atoms. The summed E-state index contributed by atoms with van der Waals surface area (Å²) in [6.07, 6.45) is -4.22. The minimum Gasteiger partial charge on any atom is -0.380 e. The lowest BCUT2D eigenvalue weighted by Crippen LogP contribution is -2.11. The van der Waals surface area contributed by atoms with Crippen LogP contribution in [0, 0.1) is 5.82 Å². The van der Waals surface area contributed by atoms with Gasteiger partial charge in [-0.2, -0.15) is 13.2 Å². The van der Waals surface area contributed by atoms with Crippen molar-refractivity contribution < 1.29 is 17.6 Å². The number of hydrogen-bond acceptors (Lipinski definition) is 2. The average Bonchev–Trinajstić information content (AvgIpc) is 2.44. The average molecular weight is 315 g/mol. The Bertz CT molecular complexity index is 598. The monoisotopic (exact) mass is 315 g/mol. The van der Waals surface area contributed by atoms with E-state index in [-0.39, 0.29) is 12.4 Å². The highest BCUT2D eigenvalue weighted by atomic mass is 32.2. The number of hydrogen-bond donors (Lipinski definition) is 1. The third-order valence-electron chi connectivity index (χ3n) is 2.71. The van der Waals surface area contributed by atoms with Crippen LogP contribution in [0.25, 0.3) is 0 Å². The van der Waals surface area contributed by atoms with E-state index in [1.807, 2.05) is 0 Å². The fourth-order valence-corrected chi connectivity index (χ4v) is 2.52. The quantitative estimate of drug-likeness (QED) is 0.609. The number of rotatable bonds is 5. The first kappa shape index (κ1) is 15.7. The van der Waals surface area contributed by atoms with Crippen LogP contribution >= 0.6 is 11.8 Å². The lowest BCUT2D eigenvalue weighted by Gasteiger charge is -2.13. The molecule has 2 rings (SSSR count). The molecule has 0 aliphatic carbocycles. The van der Waals surface area contributed by atoms with Gasteiger partial charge in [0.25, 0.3) is 0 Å². The minimum absolute atomic E-state index is 0.219. The number of halogens is 4. The zero-order chi connectivity index (χ0) is 15.3. The van der Waals surface area contributed by atoms with Gasteiger partial charge < -0.3 is 5.32 Å². The fraction of sp³-hybridized carbons (Fsp3) is 0.200. The topological polar surface area (TPSA) is 12.0 Å². The van der Waals surface area contributed by atoms with Gasteiger partial charge in [-0.05, 0) is 18.2 Å². The third-order valence-corrected chi connectivity index (χ3v) is 3.84. The van der Waals surface area contributed by atoms with Gasteiger partial charge in [0.15, 0.2) is 0 Å². The van der Waals surface area contributed by atoms with Crippen molar-refractivity contribution in [3.63, 3.8) is 0 Å². The van der Waals surface area contributed by atoms with Crippen LogP contribution in [0.5, 0.6) is 0 Å². The van der Waals surface area contributed by atoms with Crippen LogP contribution in [0.1, 0.15) is 5.56 Å². The van der Waals surface area contributed by atoms with Crippen LogP contribution in [-0.4, -0.2) is 11.9 Å². The standard InChI is InChI=1S/C15H13F4NS/c16-12-6-2-1-5-11(12)9-20-13-7-3-4-8-14(13)21-10-15(17,18)19/h1-8,20H,9-10H2. The molecule has 0 aromatic heterocycles. The van der Waals surface area contributed by atoms with Gasteiger partial charge in [0.05, 0.1) is 5.75 Å². The smallest absolute Gasteiger partial charge is 0.380 e. The second kappa shape index (κ2) is 6.85. The molecule has 0 unspecified atom stereocenters. The Balaban J connectivity index is 2.05. The molecule has 2 aromatic rings. The third kappa shape index (κ3) is 4.97. The van der Waals surface area contributed by atoms with Crippen LogP contribution in [0.3, 0.4) is 0 Å². The summed E-state index contributed by atoms with van der Waals surface area (Å²) >= 11 is 0.712. The maximum absolute atomic E-state index is 13.5. The van der Waals surface area contributed by atoms with Crippen LogP contribution in [0.2, 0.25) is 0 Å². The molecule has 0 radical (unpaired) electrons. The predicted molar refractivity (Wildman–Crippen MR) is 76.9 cm³/mol. The molecule has 0 saturated heterocycles. The zero-order valence-electron chi connectivity index (χ0n) is 11.0. The van der Waals surface area contributed by atoms with E-state index in [4.69, 9.17) is 0 Å². The number of para-hydroxylation sites is 1. The van der Waals surface area contributed by atoms with E-state index in [9.17, 15) is 17.6 Å². The highest BCUT2D eigenvalue weighted by Gasteiger charge is 2.27. The summed E-state index contributed by atoms with van der Waals surface area (Å²) in [6.45, 7) is 0.219. The van der Waals surface area contributed by atoms with Crippen molar-refractivity contribution in [2.45, 2.75) is 17.6 Å². The van der Waals surface area contributed by atoms with Crippen LogP contribution < -0.4 is 5.32 Å². The highest BCUT2D eigenvalue weighted by Crippen LogP contribution is 2.32. The second-order valence-electron chi connectivity index (χ2n) is 4.34. The molecule has 0 spiro atoms.